The third-order valence-electron chi connectivity index (χ3n) is 4.00. The van der Waals surface area contributed by atoms with E-state index < -0.39 is 0 Å². The molecule has 3 atom stereocenters. The van der Waals surface area contributed by atoms with Gasteiger partial charge in [-0.1, -0.05) is 18.0 Å². The van der Waals surface area contributed by atoms with Crippen LogP contribution in [0.3, 0.4) is 0 Å². The normalized spacial score (nSPS) is 33.4. The lowest BCUT2D eigenvalue weighted by molar-refractivity contribution is -0.124. The van der Waals surface area contributed by atoms with Crippen molar-refractivity contribution in [1.82, 2.24) is 10.6 Å². The van der Waals surface area contributed by atoms with E-state index in [-0.39, 0.29) is 30.5 Å². The number of nitrogens with one attached hydrogen (secondary N) is 2. The predicted molar refractivity (Wildman–Crippen MR) is 71.8 cm³/mol. The lowest BCUT2D eigenvalue weighted by Gasteiger charge is -2.31. The van der Waals surface area contributed by atoms with E-state index >= 15 is 0 Å². The highest BCUT2D eigenvalue weighted by Gasteiger charge is 2.31. The van der Waals surface area contributed by atoms with Gasteiger partial charge < -0.3 is 20.6 Å². The first-order chi connectivity index (χ1) is 9.24. The molecule has 1 heterocycles. The van der Waals surface area contributed by atoms with E-state index in [9.17, 15) is 9.90 Å². The van der Waals surface area contributed by atoms with Gasteiger partial charge in [-0.2, -0.15) is 0 Å². The first-order valence-electron chi connectivity index (χ1n) is 6.98. The summed E-state index contributed by atoms with van der Waals surface area (Å²) in [5, 5.41) is 19.4. The Morgan fingerprint density at radius 3 is 3.05 bits per heavy atom. The smallest absolute Gasteiger partial charge is 0.237 e. The number of amides is 1. The average molecular weight is 269 g/mol. The molecule has 2 fully saturated rings. The molecule has 1 aliphatic heterocycles. The zero-order valence-electron chi connectivity index (χ0n) is 11.4. The largest absolute Gasteiger partial charge is 0.399 e. The van der Waals surface area contributed by atoms with Crippen LogP contribution in [0.4, 0.5) is 0 Å². The molecular formula is C13H23N3O3. The molecule has 2 rings (SSSR count). The molecule has 1 saturated carbocycles. The first kappa shape index (κ1) is 14.3. The Hall–Kier alpha value is -1.14. The van der Waals surface area contributed by atoms with Crippen molar-refractivity contribution in [2.24, 2.45) is 11.1 Å². The average Bonchev–Trinajstić information content (AvgIpc) is 2.88. The standard InChI is InChI=1S/C13H23N3O3/c1-19-16-10-6-12(14-7-10)13(18)15-11-5-3-2-4-9(11)8-17/h9,11-12,14,17H,2-8H2,1H3,(H,15,18)/t9-,11+,12?/m0/s1. The summed E-state index contributed by atoms with van der Waals surface area (Å²) in [6, 6.07) is -0.119. The second-order valence-corrected chi connectivity index (χ2v) is 5.32. The number of carbonyl (C=O) groups excluding carboxylic acids is 1. The molecule has 108 valence electrons. The van der Waals surface area contributed by atoms with Crippen molar-refractivity contribution in [3.63, 3.8) is 0 Å². The summed E-state index contributed by atoms with van der Waals surface area (Å²) in [6.07, 6.45) is 4.81. The van der Waals surface area contributed by atoms with Gasteiger partial charge in [-0.25, -0.2) is 0 Å². The second-order valence-electron chi connectivity index (χ2n) is 5.32. The Labute approximate surface area is 113 Å². The molecule has 19 heavy (non-hydrogen) atoms. The topological polar surface area (TPSA) is 83.0 Å². The van der Waals surface area contributed by atoms with Crippen LogP contribution in [0.1, 0.15) is 32.1 Å². The van der Waals surface area contributed by atoms with E-state index in [0.717, 1.165) is 31.4 Å². The molecule has 0 aromatic rings. The van der Waals surface area contributed by atoms with Gasteiger partial charge in [-0.15, -0.1) is 0 Å². The van der Waals surface area contributed by atoms with E-state index in [1.165, 1.54) is 7.11 Å². The minimum Gasteiger partial charge on any atom is -0.399 e. The van der Waals surface area contributed by atoms with Crippen LogP contribution in [0, 0.1) is 5.92 Å². The summed E-state index contributed by atoms with van der Waals surface area (Å²) in [5.41, 5.74) is 0.866. The Morgan fingerprint density at radius 1 is 1.53 bits per heavy atom. The minimum absolute atomic E-state index is 0.00616. The fraction of sp³-hybridized carbons (Fsp3) is 0.846. The second kappa shape index (κ2) is 6.86. The van der Waals surface area contributed by atoms with Gasteiger partial charge in [0.1, 0.15) is 7.11 Å². The van der Waals surface area contributed by atoms with Gasteiger partial charge in [0.25, 0.3) is 0 Å². The number of oxime groups is 1. The fourth-order valence-corrected chi connectivity index (χ4v) is 2.90. The summed E-state index contributed by atoms with van der Waals surface area (Å²) in [7, 11) is 1.51. The Balaban J connectivity index is 1.85. The maximum absolute atomic E-state index is 12.2. The zero-order chi connectivity index (χ0) is 13.7. The highest BCUT2D eigenvalue weighted by molar-refractivity contribution is 5.96. The van der Waals surface area contributed by atoms with E-state index in [1.807, 2.05) is 0 Å². The van der Waals surface area contributed by atoms with Crippen LogP contribution in [-0.2, 0) is 9.63 Å². The Kier molecular flexibility index (Phi) is 5.15. The van der Waals surface area contributed by atoms with Crippen LogP contribution < -0.4 is 10.6 Å². The van der Waals surface area contributed by atoms with Crippen molar-refractivity contribution < 1.29 is 14.7 Å². The molecule has 6 nitrogen and oxygen atoms in total. The summed E-state index contributed by atoms with van der Waals surface area (Å²) < 4.78 is 0. The van der Waals surface area contributed by atoms with E-state index in [0.29, 0.717) is 13.0 Å². The number of aliphatic hydroxyl groups is 1. The van der Waals surface area contributed by atoms with Crippen LogP contribution in [0.25, 0.3) is 0 Å². The van der Waals surface area contributed by atoms with Gasteiger partial charge in [0.15, 0.2) is 0 Å². The molecule has 2 aliphatic rings. The molecule has 1 unspecified atom stereocenters. The number of hydrogen-bond acceptors (Lipinski definition) is 5. The van der Waals surface area contributed by atoms with Crippen LogP contribution in [0.2, 0.25) is 0 Å². The quantitative estimate of drug-likeness (QED) is 0.628. The summed E-state index contributed by atoms with van der Waals surface area (Å²) in [5.74, 6) is 0.206. The van der Waals surface area contributed by atoms with Gasteiger partial charge >= 0.3 is 0 Å². The van der Waals surface area contributed by atoms with Gasteiger partial charge in [-0.05, 0) is 12.8 Å². The first-order valence-corrected chi connectivity index (χ1v) is 6.98. The fourth-order valence-electron chi connectivity index (χ4n) is 2.90. The summed E-state index contributed by atoms with van der Waals surface area (Å²) >= 11 is 0. The minimum atomic E-state index is -0.227. The third kappa shape index (κ3) is 3.67. The number of carbonyl (C=O) groups is 1. The van der Waals surface area contributed by atoms with E-state index in [1.54, 1.807) is 0 Å². The van der Waals surface area contributed by atoms with Gasteiger partial charge in [0.2, 0.25) is 5.91 Å². The summed E-state index contributed by atoms with van der Waals surface area (Å²) in [6.45, 7) is 0.749. The zero-order valence-corrected chi connectivity index (χ0v) is 11.4. The van der Waals surface area contributed by atoms with Crippen LogP contribution in [-0.4, -0.2) is 49.1 Å². The maximum Gasteiger partial charge on any atom is 0.237 e. The molecule has 0 spiro atoms. The number of aliphatic hydroxyl groups excluding tert-OH is 1. The molecule has 0 bridgehead atoms. The highest BCUT2D eigenvalue weighted by Crippen LogP contribution is 2.24. The molecule has 0 aromatic heterocycles. The van der Waals surface area contributed by atoms with Crippen molar-refractivity contribution in [1.29, 1.82) is 0 Å². The summed E-state index contributed by atoms with van der Waals surface area (Å²) in [4.78, 5) is 16.9. The number of nitrogens with zero attached hydrogens (tertiary/aromatic N) is 1. The predicted octanol–water partition coefficient (Wildman–Crippen LogP) is 0.0180. The van der Waals surface area contributed by atoms with Crippen LogP contribution in [0.5, 0.6) is 0 Å². The van der Waals surface area contributed by atoms with Gasteiger partial charge in [0, 0.05) is 31.5 Å². The van der Waals surface area contributed by atoms with Crippen LogP contribution in [0.15, 0.2) is 5.16 Å². The molecule has 1 amide bonds. The lowest BCUT2D eigenvalue weighted by Crippen LogP contribution is -2.49. The monoisotopic (exact) mass is 269 g/mol. The highest BCUT2D eigenvalue weighted by atomic mass is 16.6. The molecule has 1 aliphatic carbocycles. The Morgan fingerprint density at radius 2 is 2.32 bits per heavy atom. The van der Waals surface area contributed by atoms with Gasteiger partial charge in [0.05, 0.1) is 11.8 Å². The number of hydrogen-bond donors (Lipinski definition) is 3. The lowest BCUT2D eigenvalue weighted by atomic mass is 9.85. The van der Waals surface area contributed by atoms with E-state index in [4.69, 9.17) is 4.84 Å². The number of rotatable bonds is 4. The van der Waals surface area contributed by atoms with Crippen molar-refractivity contribution >= 4 is 11.6 Å². The maximum atomic E-state index is 12.2. The van der Waals surface area contributed by atoms with Gasteiger partial charge in [-0.3, -0.25) is 4.79 Å². The SMILES string of the molecule is CON=C1CNC(C(=O)N[C@@H]2CCCC[C@H]2CO)C1. The molecule has 3 N–H and O–H groups in total. The molecule has 1 saturated heterocycles. The van der Waals surface area contributed by atoms with Crippen LogP contribution >= 0.6 is 0 Å². The Bertz CT molecular complexity index is 346. The molecular weight excluding hydrogens is 246 g/mol. The van der Waals surface area contributed by atoms with Crippen molar-refractivity contribution in [2.45, 2.75) is 44.2 Å². The third-order valence-corrected chi connectivity index (χ3v) is 4.00. The molecule has 0 radical (unpaired) electrons. The molecule has 6 heteroatoms. The van der Waals surface area contributed by atoms with E-state index in [2.05, 4.69) is 15.8 Å². The van der Waals surface area contributed by atoms with Crippen molar-refractivity contribution in [2.75, 3.05) is 20.3 Å². The van der Waals surface area contributed by atoms with Crippen molar-refractivity contribution in [3.8, 4) is 0 Å². The molecule has 0 aromatic carbocycles. The van der Waals surface area contributed by atoms with Crippen molar-refractivity contribution in [3.05, 3.63) is 0 Å².